The molecule has 6 aromatic rings. The zero-order chi connectivity index (χ0) is 27.1. The predicted molar refractivity (Wildman–Crippen MR) is 158 cm³/mol. The lowest BCUT2D eigenvalue weighted by Crippen LogP contribution is -2.31. The number of hydrogen-bond donors (Lipinski definition) is 2. The van der Waals surface area contributed by atoms with Crippen LogP contribution in [0.2, 0.25) is 5.02 Å². The van der Waals surface area contributed by atoms with E-state index < -0.39 is 0 Å². The van der Waals surface area contributed by atoms with Crippen molar-refractivity contribution in [3.63, 3.8) is 0 Å². The van der Waals surface area contributed by atoms with Gasteiger partial charge in [0.05, 0.1) is 21.4 Å². The van der Waals surface area contributed by atoms with Gasteiger partial charge in [-0.3, -0.25) is 14.2 Å². The van der Waals surface area contributed by atoms with Crippen molar-refractivity contribution in [1.82, 2.24) is 24.8 Å². The molecular weight excluding hydrogens is 510 g/mol. The molecule has 2 N–H and O–H groups in total. The van der Waals surface area contributed by atoms with Gasteiger partial charge in [-0.1, -0.05) is 48.0 Å². The van der Waals surface area contributed by atoms with Crippen molar-refractivity contribution < 1.29 is 4.79 Å². The van der Waals surface area contributed by atoms with Crippen LogP contribution >= 0.6 is 11.6 Å². The van der Waals surface area contributed by atoms with Crippen LogP contribution in [0, 0.1) is 0 Å². The summed E-state index contributed by atoms with van der Waals surface area (Å²) in [6, 6.07) is 24.4. The van der Waals surface area contributed by atoms with Crippen LogP contribution in [-0.4, -0.2) is 52.5 Å². The van der Waals surface area contributed by atoms with E-state index in [2.05, 4.69) is 10.3 Å². The van der Waals surface area contributed by atoms with Crippen molar-refractivity contribution in [2.45, 2.75) is 0 Å². The minimum Gasteiger partial charge on any atom is -0.351 e. The first kappa shape index (κ1) is 24.9. The largest absolute Gasteiger partial charge is 0.351 e. The fourth-order valence-corrected chi connectivity index (χ4v) is 5.15. The van der Waals surface area contributed by atoms with Gasteiger partial charge >= 0.3 is 0 Å². The fourth-order valence-electron chi connectivity index (χ4n) is 4.93. The molecule has 39 heavy (non-hydrogen) atoms. The molecule has 0 aliphatic carbocycles. The van der Waals surface area contributed by atoms with E-state index in [1.165, 1.54) is 0 Å². The topological polar surface area (TPSA) is 83.0 Å². The number of aromatic nitrogens is 3. The molecule has 0 aliphatic heterocycles. The Balaban J connectivity index is 1.47. The molecule has 6 rings (SSSR count). The minimum atomic E-state index is -0.156. The Morgan fingerprint density at radius 3 is 2.41 bits per heavy atom. The number of rotatable bonds is 6. The highest BCUT2D eigenvalue weighted by Gasteiger charge is 2.18. The third kappa shape index (κ3) is 4.46. The number of aromatic amines is 1. The number of carbonyl (C=O) groups excluding carboxylic acids is 1. The number of likely N-dealkylation sites (N-methyl/N-ethyl adjacent to an activating group) is 1. The second-order valence-electron chi connectivity index (χ2n) is 9.72. The number of fused-ring (bicyclic) bond motifs is 6. The van der Waals surface area contributed by atoms with Crippen LogP contribution in [0.4, 0.5) is 0 Å². The Kier molecular flexibility index (Phi) is 6.38. The molecule has 0 fully saturated rings. The van der Waals surface area contributed by atoms with Gasteiger partial charge in [0.2, 0.25) is 0 Å². The highest BCUT2D eigenvalue weighted by atomic mass is 35.5. The first-order valence-corrected chi connectivity index (χ1v) is 13.0. The third-order valence-corrected chi connectivity index (χ3v) is 7.23. The molecular formula is C31H26ClN5O2. The zero-order valence-electron chi connectivity index (χ0n) is 21.5. The molecule has 8 heteroatoms. The quantitative estimate of drug-likeness (QED) is 0.271. The normalized spacial score (nSPS) is 11.6. The Morgan fingerprint density at radius 1 is 0.949 bits per heavy atom. The van der Waals surface area contributed by atoms with Crippen molar-refractivity contribution in [1.29, 1.82) is 0 Å². The average Bonchev–Trinajstić information content (AvgIpc) is 3.39. The fraction of sp³-hybridized carbons (Fsp3) is 0.129. The second kappa shape index (κ2) is 10.0. The highest BCUT2D eigenvalue weighted by molar-refractivity contribution is 6.33. The van der Waals surface area contributed by atoms with Gasteiger partial charge in [-0.05, 0) is 61.9 Å². The van der Waals surface area contributed by atoms with Gasteiger partial charge in [-0.15, -0.1) is 0 Å². The third-order valence-electron chi connectivity index (χ3n) is 6.90. The lowest BCUT2D eigenvalue weighted by molar-refractivity contribution is 0.0951. The summed E-state index contributed by atoms with van der Waals surface area (Å²) >= 11 is 6.46. The lowest BCUT2D eigenvalue weighted by atomic mass is 10.0. The van der Waals surface area contributed by atoms with E-state index in [1.807, 2.05) is 73.6 Å². The van der Waals surface area contributed by atoms with Gasteiger partial charge < -0.3 is 15.2 Å². The van der Waals surface area contributed by atoms with Crippen molar-refractivity contribution >= 4 is 50.1 Å². The molecule has 194 valence electrons. The molecule has 0 radical (unpaired) electrons. The van der Waals surface area contributed by atoms with Crippen molar-refractivity contribution in [3.8, 4) is 17.1 Å². The van der Waals surface area contributed by atoms with Gasteiger partial charge in [0.25, 0.3) is 11.5 Å². The number of H-pyrrole nitrogens is 1. The summed E-state index contributed by atoms with van der Waals surface area (Å²) in [5.74, 6) is 0.507. The number of hydrogen-bond acceptors (Lipinski definition) is 4. The van der Waals surface area contributed by atoms with E-state index in [1.54, 1.807) is 35.0 Å². The van der Waals surface area contributed by atoms with E-state index in [4.69, 9.17) is 16.6 Å². The molecule has 0 spiro atoms. The Labute approximate surface area is 229 Å². The van der Waals surface area contributed by atoms with E-state index in [-0.39, 0.29) is 11.5 Å². The summed E-state index contributed by atoms with van der Waals surface area (Å²) in [5.41, 5.74) is 3.43. The molecule has 0 aliphatic rings. The van der Waals surface area contributed by atoms with Crippen LogP contribution in [0.25, 0.3) is 49.7 Å². The van der Waals surface area contributed by atoms with E-state index in [0.717, 1.165) is 33.8 Å². The number of amides is 1. The van der Waals surface area contributed by atoms with Gasteiger partial charge in [0, 0.05) is 46.9 Å². The van der Waals surface area contributed by atoms with Crippen LogP contribution in [0.1, 0.15) is 10.4 Å². The van der Waals surface area contributed by atoms with Crippen LogP contribution in [0.3, 0.4) is 0 Å². The second-order valence-corrected chi connectivity index (χ2v) is 10.1. The molecule has 2 heterocycles. The smallest absolute Gasteiger partial charge is 0.263 e. The zero-order valence-corrected chi connectivity index (χ0v) is 22.3. The minimum absolute atomic E-state index is 0.143. The van der Waals surface area contributed by atoms with Gasteiger partial charge in [-0.2, -0.15) is 0 Å². The average molecular weight is 536 g/mol. The SMILES string of the molecule is CN(C)CCNC(=O)c1ccc(-n2ccc3c4nc(-c5ccccc5Cl)[nH]c4c4ccccc4c3c2=O)cc1. The van der Waals surface area contributed by atoms with Crippen LogP contribution in [-0.2, 0) is 0 Å². The molecule has 0 bridgehead atoms. The van der Waals surface area contributed by atoms with E-state index in [0.29, 0.717) is 39.5 Å². The van der Waals surface area contributed by atoms with Crippen molar-refractivity contribution in [2.75, 3.05) is 27.2 Å². The number of halogens is 1. The molecule has 0 atom stereocenters. The summed E-state index contributed by atoms with van der Waals surface area (Å²) in [7, 11) is 3.92. The van der Waals surface area contributed by atoms with Crippen molar-refractivity contribution in [2.24, 2.45) is 0 Å². The van der Waals surface area contributed by atoms with Crippen LogP contribution in [0.5, 0.6) is 0 Å². The number of nitrogens with zero attached hydrogens (tertiary/aromatic N) is 3. The summed E-state index contributed by atoms with van der Waals surface area (Å²) < 4.78 is 1.61. The predicted octanol–water partition coefficient (Wildman–Crippen LogP) is 5.63. The standard InChI is InChI=1S/C31H26ClN5O2/c1-36(2)18-16-33-30(38)19-11-13-20(14-12-19)37-17-15-24-26(31(37)39)21-7-3-4-8-22(21)27-28(24)35-29(34-27)23-9-5-6-10-25(23)32/h3-15,17H,16,18H2,1-2H3,(H,33,38)(H,34,35). The van der Waals surface area contributed by atoms with Crippen LogP contribution in [0.15, 0.2) is 89.9 Å². The Bertz CT molecular complexity index is 1920. The van der Waals surface area contributed by atoms with Gasteiger partial charge in [0.15, 0.2) is 0 Å². The lowest BCUT2D eigenvalue weighted by Gasteiger charge is -2.12. The van der Waals surface area contributed by atoms with Crippen molar-refractivity contribution in [3.05, 3.63) is 106 Å². The van der Waals surface area contributed by atoms with Crippen LogP contribution < -0.4 is 10.9 Å². The number of carbonyl (C=O) groups is 1. The summed E-state index contributed by atoms with van der Waals surface area (Å²) in [6.45, 7) is 1.32. The molecule has 4 aromatic carbocycles. The molecule has 0 saturated heterocycles. The highest BCUT2D eigenvalue weighted by Crippen LogP contribution is 2.35. The first-order valence-electron chi connectivity index (χ1n) is 12.7. The number of nitrogens with one attached hydrogen (secondary N) is 2. The maximum atomic E-state index is 14.0. The van der Waals surface area contributed by atoms with E-state index in [9.17, 15) is 9.59 Å². The maximum Gasteiger partial charge on any atom is 0.263 e. The number of benzene rings is 4. The maximum absolute atomic E-state index is 14.0. The van der Waals surface area contributed by atoms with E-state index >= 15 is 0 Å². The summed E-state index contributed by atoms with van der Waals surface area (Å²) in [5, 5.41) is 6.60. The summed E-state index contributed by atoms with van der Waals surface area (Å²) in [6.07, 6.45) is 1.76. The van der Waals surface area contributed by atoms with Gasteiger partial charge in [0.1, 0.15) is 5.82 Å². The molecule has 7 nitrogen and oxygen atoms in total. The molecule has 2 aromatic heterocycles. The molecule has 0 saturated carbocycles. The monoisotopic (exact) mass is 535 g/mol. The number of pyridine rings is 1. The Morgan fingerprint density at radius 2 is 1.67 bits per heavy atom. The summed E-state index contributed by atoms with van der Waals surface area (Å²) in [4.78, 5) is 36.8. The molecule has 0 unspecified atom stereocenters. The number of imidazole rings is 1. The van der Waals surface area contributed by atoms with Gasteiger partial charge in [-0.25, -0.2) is 4.98 Å². The first-order chi connectivity index (χ1) is 18.9. The Hall–Kier alpha value is -4.46. The molecule has 1 amide bonds.